The van der Waals surface area contributed by atoms with Gasteiger partial charge in [-0.1, -0.05) is 0 Å². The molecule has 6 heteroatoms. The summed E-state index contributed by atoms with van der Waals surface area (Å²) in [4.78, 5) is 11.4. The van der Waals surface area contributed by atoms with Crippen molar-refractivity contribution in [2.75, 3.05) is 12.4 Å². The molecule has 0 spiro atoms. The zero-order valence-corrected chi connectivity index (χ0v) is 13.5. The fraction of sp³-hybridized carbons (Fsp3) is 0.267. The summed E-state index contributed by atoms with van der Waals surface area (Å²) < 4.78 is 23.8. The molecule has 112 valence electrons. The number of furan rings is 1. The highest BCUT2D eigenvalue weighted by Crippen LogP contribution is 2.28. The largest absolute Gasteiger partial charge is 0.463 e. The lowest BCUT2D eigenvalue weighted by Crippen LogP contribution is -2.07. The lowest BCUT2D eigenvalue weighted by molar-refractivity contribution is 0.0562. The molecule has 0 aliphatic carbocycles. The van der Waals surface area contributed by atoms with Crippen LogP contribution in [0.4, 0.5) is 10.1 Å². The Morgan fingerprint density at radius 1 is 1.43 bits per heavy atom. The molecule has 2 rings (SSSR count). The molecule has 0 fully saturated rings. The molecule has 21 heavy (non-hydrogen) atoms. The van der Waals surface area contributed by atoms with E-state index in [1.807, 2.05) is 13.8 Å². The molecule has 0 saturated heterocycles. The van der Waals surface area contributed by atoms with Gasteiger partial charge in [-0.15, -0.1) is 0 Å². The van der Waals surface area contributed by atoms with Crippen molar-refractivity contribution in [1.29, 1.82) is 0 Å². The normalized spacial score (nSPS) is 12.0. The summed E-state index contributed by atoms with van der Waals surface area (Å²) in [5.74, 6) is -0.0840. The van der Waals surface area contributed by atoms with Crippen LogP contribution < -0.4 is 5.32 Å². The quantitative estimate of drug-likeness (QED) is 0.823. The van der Waals surface area contributed by atoms with Gasteiger partial charge >= 0.3 is 5.97 Å². The lowest BCUT2D eigenvalue weighted by atomic mass is 10.1. The second-order valence-electron chi connectivity index (χ2n) is 4.64. The van der Waals surface area contributed by atoms with Crippen molar-refractivity contribution in [2.45, 2.75) is 19.9 Å². The van der Waals surface area contributed by atoms with E-state index < -0.39 is 5.97 Å². The van der Waals surface area contributed by atoms with Crippen molar-refractivity contribution in [3.63, 3.8) is 0 Å². The zero-order chi connectivity index (χ0) is 15.6. The molecule has 1 atom stereocenters. The molecule has 4 nitrogen and oxygen atoms in total. The Morgan fingerprint density at radius 3 is 2.81 bits per heavy atom. The van der Waals surface area contributed by atoms with Crippen LogP contribution in [-0.2, 0) is 4.74 Å². The maximum absolute atomic E-state index is 13.4. The number of nitrogens with one attached hydrogen (secondary N) is 1. The number of esters is 1. The number of carbonyl (C=O) groups excluding carboxylic acids is 1. The first-order valence-corrected chi connectivity index (χ1v) is 7.12. The van der Waals surface area contributed by atoms with E-state index in [1.54, 1.807) is 18.2 Å². The highest BCUT2D eigenvalue weighted by molar-refractivity contribution is 9.10. The molecule has 1 N–H and O–H groups in total. The van der Waals surface area contributed by atoms with Crippen LogP contribution in [0.2, 0.25) is 0 Å². The van der Waals surface area contributed by atoms with Crippen LogP contribution >= 0.6 is 15.9 Å². The van der Waals surface area contributed by atoms with E-state index in [0.717, 1.165) is 11.3 Å². The van der Waals surface area contributed by atoms with Crippen LogP contribution in [0.15, 0.2) is 33.2 Å². The number of hydrogen-bond acceptors (Lipinski definition) is 4. The minimum Gasteiger partial charge on any atom is -0.463 e. The highest BCUT2D eigenvalue weighted by Gasteiger charge is 2.16. The van der Waals surface area contributed by atoms with Crippen LogP contribution in [-0.4, -0.2) is 13.1 Å². The third kappa shape index (κ3) is 3.44. The number of benzene rings is 1. The summed E-state index contributed by atoms with van der Waals surface area (Å²) in [6, 6.07) is 6.20. The summed E-state index contributed by atoms with van der Waals surface area (Å²) in [6.45, 7) is 3.70. The van der Waals surface area contributed by atoms with Crippen LogP contribution in [0.25, 0.3) is 0 Å². The smallest absolute Gasteiger partial charge is 0.373 e. The molecule has 0 radical (unpaired) electrons. The fourth-order valence-electron chi connectivity index (χ4n) is 1.90. The molecule has 0 bridgehead atoms. The van der Waals surface area contributed by atoms with Crippen molar-refractivity contribution in [3.8, 4) is 0 Å². The van der Waals surface area contributed by atoms with Crippen molar-refractivity contribution in [2.24, 2.45) is 0 Å². The molecule has 1 aromatic carbocycles. The topological polar surface area (TPSA) is 51.5 Å². The van der Waals surface area contributed by atoms with E-state index in [0.29, 0.717) is 10.2 Å². The van der Waals surface area contributed by atoms with E-state index in [9.17, 15) is 9.18 Å². The molecule has 0 saturated carbocycles. The van der Waals surface area contributed by atoms with E-state index >= 15 is 0 Å². The lowest BCUT2D eigenvalue weighted by Gasteiger charge is -2.15. The summed E-state index contributed by atoms with van der Waals surface area (Å²) in [5.41, 5.74) is 1.56. The maximum atomic E-state index is 13.4. The molecule has 1 aromatic heterocycles. The number of rotatable bonds is 4. The Morgan fingerprint density at radius 2 is 2.14 bits per heavy atom. The molecule has 1 unspecified atom stereocenters. The van der Waals surface area contributed by atoms with Crippen LogP contribution in [0.1, 0.15) is 34.8 Å². The van der Waals surface area contributed by atoms with Crippen molar-refractivity contribution in [3.05, 3.63) is 51.6 Å². The minimum atomic E-state index is -0.519. The number of ether oxygens (including phenoxy) is 1. The summed E-state index contributed by atoms with van der Waals surface area (Å²) in [5, 5.41) is 3.22. The predicted molar refractivity (Wildman–Crippen MR) is 80.9 cm³/mol. The van der Waals surface area contributed by atoms with Gasteiger partial charge < -0.3 is 14.5 Å². The van der Waals surface area contributed by atoms with Gasteiger partial charge in [0.25, 0.3) is 0 Å². The number of hydrogen-bond donors (Lipinski definition) is 1. The standard InChI is InChI=1S/C15H15BrFNO3/c1-8-6-11(17)10(16)7-12(8)18-9(2)13-4-5-14(21-13)15(19)20-3/h4-7,9,18H,1-3H3. The maximum Gasteiger partial charge on any atom is 0.373 e. The van der Waals surface area contributed by atoms with Gasteiger partial charge in [0, 0.05) is 5.69 Å². The average molecular weight is 356 g/mol. The number of carbonyl (C=O) groups is 1. The first-order chi connectivity index (χ1) is 9.92. The van der Waals surface area contributed by atoms with Gasteiger partial charge in [-0.3, -0.25) is 0 Å². The minimum absolute atomic E-state index is 0.151. The average Bonchev–Trinajstić information content (AvgIpc) is 2.93. The van der Waals surface area contributed by atoms with Gasteiger partial charge in [-0.2, -0.15) is 0 Å². The van der Waals surface area contributed by atoms with Crippen molar-refractivity contribution in [1.82, 2.24) is 0 Å². The molecule has 0 aliphatic rings. The molecule has 2 aromatic rings. The third-order valence-electron chi connectivity index (χ3n) is 3.08. The van der Waals surface area contributed by atoms with Crippen LogP contribution in [0.3, 0.4) is 0 Å². The van der Waals surface area contributed by atoms with E-state index in [1.165, 1.54) is 13.2 Å². The molecule has 0 amide bonds. The van der Waals surface area contributed by atoms with Crippen molar-refractivity contribution >= 4 is 27.6 Å². The first-order valence-electron chi connectivity index (χ1n) is 6.32. The number of anilines is 1. The van der Waals surface area contributed by atoms with Gasteiger partial charge in [-0.25, -0.2) is 9.18 Å². The molecular formula is C15H15BrFNO3. The van der Waals surface area contributed by atoms with E-state index in [-0.39, 0.29) is 17.6 Å². The monoisotopic (exact) mass is 355 g/mol. The number of aryl methyl sites for hydroxylation is 1. The molecular weight excluding hydrogens is 341 g/mol. The predicted octanol–water partition coefficient (Wildman–Crippen LogP) is 4.45. The Hall–Kier alpha value is -1.82. The Balaban J connectivity index is 2.18. The fourth-order valence-corrected chi connectivity index (χ4v) is 2.25. The van der Waals surface area contributed by atoms with Gasteiger partial charge in [0.15, 0.2) is 0 Å². The third-order valence-corrected chi connectivity index (χ3v) is 3.69. The number of halogens is 2. The second kappa shape index (κ2) is 6.30. The SMILES string of the molecule is COC(=O)c1ccc(C(C)Nc2cc(Br)c(F)cc2C)o1. The van der Waals surface area contributed by atoms with Gasteiger partial charge in [0.05, 0.1) is 17.6 Å². The Kier molecular flexibility index (Phi) is 4.67. The van der Waals surface area contributed by atoms with E-state index in [4.69, 9.17) is 4.42 Å². The number of methoxy groups -OCH3 is 1. The van der Waals surface area contributed by atoms with Crippen molar-refractivity contribution < 1.29 is 18.3 Å². The van der Waals surface area contributed by atoms with E-state index in [2.05, 4.69) is 26.0 Å². The Bertz CT molecular complexity index is 669. The van der Waals surface area contributed by atoms with Gasteiger partial charge in [0.2, 0.25) is 5.76 Å². The van der Waals surface area contributed by atoms with Gasteiger partial charge in [-0.05, 0) is 59.6 Å². The summed E-state index contributed by atoms with van der Waals surface area (Å²) >= 11 is 3.16. The Labute approximate surface area is 130 Å². The van der Waals surface area contributed by atoms with Gasteiger partial charge in [0.1, 0.15) is 11.6 Å². The summed E-state index contributed by atoms with van der Waals surface area (Å²) in [7, 11) is 1.30. The molecule has 0 aliphatic heterocycles. The van der Waals surface area contributed by atoms with Crippen LogP contribution in [0, 0.1) is 12.7 Å². The first kappa shape index (κ1) is 15.6. The molecule has 1 heterocycles. The van der Waals surface area contributed by atoms with Crippen LogP contribution in [0.5, 0.6) is 0 Å². The highest BCUT2D eigenvalue weighted by atomic mass is 79.9. The second-order valence-corrected chi connectivity index (χ2v) is 5.50. The summed E-state index contributed by atoms with van der Waals surface area (Å²) in [6.07, 6.45) is 0. The zero-order valence-electron chi connectivity index (χ0n) is 11.9.